The van der Waals surface area contributed by atoms with E-state index in [9.17, 15) is 9.18 Å². The molecule has 1 nitrogen and oxygen atoms in total. The lowest BCUT2D eigenvalue weighted by Crippen LogP contribution is -2.33. The summed E-state index contributed by atoms with van der Waals surface area (Å²) in [4.78, 5) is 12.3. The predicted molar refractivity (Wildman–Crippen MR) is 82.9 cm³/mol. The van der Waals surface area contributed by atoms with Crippen LogP contribution in [0.1, 0.15) is 18.9 Å². The van der Waals surface area contributed by atoms with Crippen LogP contribution in [0, 0.1) is 5.82 Å². The molecule has 1 aromatic rings. The molecule has 1 aromatic carbocycles. The van der Waals surface area contributed by atoms with Gasteiger partial charge in [-0.15, -0.1) is 11.8 Å². The first-order valence-electron chi connectivity index (χ1n) is 6.31. The summed E-state index contributed by atoms with van der Waals surface area (Å²) >= 11 is 9.26. The summed E-state index contributed by atoms with van der Waals surface area (Å²) < 4.78 is 13.4. The molecule has 0 bridgehead atoms. The number of hydrogen-bond acceptors (Lipinski definition) is 3. The largest absolute Gasteiger partial charge is 0.298 e. The Kier molecular flexibility index (Phi) is 5.60. The van der Waals surface area contributed by atoms with E-state index < -0.39 is 5.82 Å². The van der Waals surface area contributed by atoms with E-state index in [4.69, 9.17) is 11.6 Å². The van der Waals surface area contributed by atoms with Gasteiger partial charge in [-0.2, -0.15) is 11.8 Å². The van der Waals surface area contributed by atoms with Crippen LogP contribution < -0.4 is 0 Å². The molecular formula is C14H16ClFOS2. The zero-order valence-corrected chi connectivity index (χ0v) is 13.1. The van der Waals surface area contributed by atoms with E-state index in [1.165, 1.54) is 12.1 Å². The molecule has 0 spiro atoms. The summed E-state index contributed by atoms with van der Waals surface area (Å²) in [6, 6.07) is 4.60. The smallest absolute Gasteiger partial charge is 0.151 e. The molecular weight excluding hydrogens is 303 g/mol. The average Bonchev–Trinajstić information content (AvgIpc) is 2.43. The number of hydrogen-bond donors (Lipinski definition) is 0. The topological polar surface area (TPSA) is 17.1 Å². The van der Waals surface area contributed by atoms with E-state index in [1.807, 2.05) is 11.8 Å². The summed E-state index contributed by atoms with van der Waals surface area (Å²) in [5.41, 5.74) is 0.706. The monoisotopic (exact) mass is 318 g/mol. The molecule has 2 rings (SSSR count). The van der Waals surface area contributed by atoms with Gasteiger partial charge in [-0.25, -0.2) is 4.39 Å². The van der Waals surface area contributed by atoms with Crippen molar-refractivity contribution in [3.05, 3.63) is 34.6 Å². The van der Waals surface area contributed by atoms with Crippen LogP contribution in [0.15, 0.2) is 18.2 Å². The van der Waals surface area contributed by atoms with Crippen LogP contribution in [0.25, 0.3) is 0 Å². The third kappa shape index (κ3) is 3.89. The Balaban J connectivity index is 2.05. The molecule has 1 saturated heterocycles. The van der Waals surface area contributed by atoms with Gasteiger partial charge < -0.3 is 0 Å². The lowest BCUT2D eigenvalue weighted by Gasteiger charge is -2.28. The molecule has 104 valence electrons. The van der Waals surface area contributed by atoms with Crippen LogP contribution in [0.4, 0.5) is 4.39 Å². The number of thioether (sulfide) groups is 2. The fourth-order valence-electron chi connectivity index (χ4n) is 2.15. The first-order valence-corrected chi connectivity index (χ1v) is 8.79. The molecule has 0 aromatic heterocycles. The number of halogens is 2. The number of ketones is 1. The van der Waals surface area contributed by atoms with Crippen LogP contribution >= 0.6 is 35.1 Å². The van der Waals surface area contributed by atoms with Crippen molar-refractivity contribution in [1.29, 1.82) is 0 Å². The second kappa shape index (κ2) is 7.00. The molecule has 1 fully saturated rings. The zero-order chi connectivity index (χ0) is 13.8. The minimum Gasteiger partial charge on any atom is -0.298 e. The number of Topliss-reactive ketones (excluding diaryl/α,β-unsaturated/α-hetero) is 1. The Hall–Kier alpha value is -0.190. The molecule has 0 amide bonds. The zero-order valence-electron chi connectivity index (χ0n) is 10.7. The van der Waals surface area contributed by atoms with E-state index in [0.29, 0.717) is 17.2 Å². The van der Waals surface area contributed by atoms with Gasteiger partial charge >= 0.3 is 0 Å². The Labute approximate surface area is 126 Å². The maximum absolute atomic E-state index is 13.4. The lowest BCUT2D eigenvalue weighted by molar-refractivity contribution is -0.117. The van der Waals surface area contributed by atoms with Gasteiger partial charge in [0.1, 0.15) is 5.82 Å². The first-order chi connectivity index (χ1) is 9.11. The van der Waals surface area contributed by atoms with Crippen molar-refractivity contribution in [2.45, 2.75) is 30.3 Å². The summed E-state index contributed by atoms with van der Waals surface area (Å²) in [6.07, 6.45) is 1.30. The predicted octanol–water partition coefficient (Wildman–Crippen LogP) is 4.22. The molecule has 2 atom stereocenters. The highest BCUT2D eigenvalue weighted by Crippen LogP contribution is 2.34. The Morgan fingerprint density at radius 2 is 2.16 bits per heavy atom. The molecule has 0 saturated carbocycles. The van der Waals surface area contributed by atoms with Gasteiger partial charge in [0.2, 0.25) is 0 Å². The third-order valence-corrected chi connectivity index (χ3v) is 6.73. The van der Waals surface area contributed by atoms with Gasteiger partial charge in [0, 0.05) is 23.2 Å². The lowest BCUT2D eigenvalue weighted by atomic mass is 10.0. The number of carbonyl (C=O) groups excluding carboxylic acids is 1. The van der Waals surface area contributed by atoms with Crippen LogP contribution in [0.5, 0.6) is 0 Å². The molecule has 19 heavy (non-hydrogen) atoms. The van der Waals surface area contributed by atoms with Gasteiger partial charge in [-0.3, -0.25) is 4.79 Å². The van der Waals surface area contributed by atoms with E-state index in [0.717, 1.165) is 17.9 Å². The molecule has 0 radical (unpaired) electrons. The van der Waals surface area contributed by atoms with Crippen molar-refractivity contribution in [2.75, 3.05) is 11.5 Å². The highest BCUT2D eigenvalue weighted by molar-refractivity contribution is 8.07. The van der Waals surface area contributed by atoms with Crippen LogP contribution in [0.2, 0.25) is 5.02 Å². The minimum atomic E-state index is -0.454. The second-order valence-corrected chi connectivity index (χ2v) is 7.50. The summed E-state index contributed by atoms with van der Waals surface area (Å²) in [7, 11) is 0. The fourth-order valence-corrected chi connectivity index (χ4v) is 5.31. The van der Waals surface area contributed by atoms with Gasteiger partial charge in [-0.1, -0.05) is 24.6 Å². The van der Waals surface area contributed by atoms with Gasteiger partial charge in [0.05, 0.1) is 10.3 Å². The van der Waals surface area contributed by atoms with Crippen molar-refractivity contribution in [3.8, 4) is 0 Å². The van der Waals surface area contributed by atoms with Gasteiger partial charge in [0.15, 0.2) is 5.78 Å². The molecule has 0 aliphatic carbocycles. The van der Waals surface area contributed by atoms with Gasteiger partial charge in [0.25, 0.3) is 0 Å². The number of carbonyl (C=O) groups is 1. The van der Waals surface area contributed by atoms with Crippen molar-refractivity contribution >= 4 is 40.9 Å². The van der Waals surface area contributed by atoms with Crippen LogP contribution in [0.3, 0.4) is 0 Å². The second-order valence-electron chi connectivity index (χ2n) is 4.50. The number of benzene rings is 1. The Morgan fingerprint density at radius 1 is 1.42 bits per heavy atom. The van der Waals surface area contributed by atoms with Crippen molar-refractivity contribution in [2.24, 2.45) is 0 Å². The molecule has 2 unspecified atom stereocenters. The van der Waals surface area contributed by atoms with Crippen molar-refractivity contribution in [3.63, 3.8) is 0 Å². The highest BCUT2D eigenvalue weighted by Gasteiger charge is 2.30. The van der Waals surface area contributed by atoms with Crippen molar-refractivity contribution in [1.82, 2.24) is 0 Å². The van der Waals surface area contributed by atoms with Crippen LogP contribution in [-0.4, -0.2) is 27.8 Å². The third-order valence-electron chi connectivity index (χ3n) is 3.13. The molecule has 1 heterocycles. The van der Waals surface area contributed by atoms with Crippen molar-refractivity contribution < 1.29 is 9.18 Å². The number of rotatable bonds is 4. The van der Waals surface area contributed by atoms with E-state index in [-0.39, 0.29) is 16.1 Å². The molecule has 5 heteroatoms. The maximum atomic E-state index is 13.4. The highest BCUT2D eigenvalue weighted by atomic mass is 35.5. The maximum Gasteiger partial charge on any atom is 0.151 e. The summed E-state index contributed by atoms with van der Waals surface area (Å²) in [5.74, 6) is 1.88. The van der Waals surface area contributed by atoms with Crippen LogP contribution in [-0.2, 0) is 11.2 Å². The Morgan fingerprint density at radius 3 is 2.84 bits per heavy atom. The Bertz CT molecular complexity index is 467. The summed E-state index contributed by atoms with van der Waals surface area (Å²) in [5, 5.41) is 0.538. The normalized spacial score (nSPS) is 23.3. The molecule has 1 aliphatic rings. The quantitative estimate of drug-likeness (QED) is 0.827. The van der Waals surface area contributed by atoms with E-state index in [1.54, 1.807) is 17.8 Å². The SMILES string of the molecule is CCC1SCCSC1C(=O)Cc1ccc(Cl)c(F)c1. The van der Waals surface area contributed by atoms with Gasteiger partial charge in [-0.05, 0) is 24.1 Å². The molecule has 0 N–H and O–H groups in total. The summed E-state index contributed by atoms with van der Waals surface area (Å²) in [6.45, 7) is 2.12. The first kappa shape index (κ1) is 15.2. The van der Waals surface area contributed by atoms with E-state index in [2.05, 4.69) is 6.92 Å². The fraction of sp³-hybridized carbons (Fsp3) is 0.500. The standard InChI is InChI=1S/C14H16ClFOS2/c1-2-13-14(19-6-5-18-13)12(17)8-9-3-4-10(15)11(16)7-9/h3-4,7,13-14H,2,5-6,8H2,1H3. The molecule has 1 aliphatic heterocycles. The average molecular weight is 319 g/mol. The minimum absolute atomic E-state index is 0.0440. The van der Waals surface area contributed by atoms with E-state index >= 15 is 0 Å².